The van der Waals surface area contributed by atoms with Crippen LogP contribution in [0.4, 0.5) is 0 Å². The molecule has 0 saturated carbocycles. The van der Waals surface area contributed by atoms with E-state index in [1.165, 1.54) is 0 Å². The van der Waals surface area contributed by atoms with Crippen molar-refractivity contribution in [1.82, 2.24) is 35.1 Å². The summed E-state index contributed by atoms with van der Waals surface area (Å²) in [5.74, 6) is 0.694. The van der Waals surface area contributed by atoms with E-state index in [-0.39, 0.29) is 0 Å². The smallest absolute Gasteiger partial charge is 0.181 e. The Morgan fingerprint density at radius 1 is 0.812 bits per heavy atom. The van der Waals surface area contributed by atoms with Crippen molar-refractivity contribution in [2.75, 3.05) is 7.11 Å². The van der Waals surface area contributed by atoms with Gasteiger partial charge in [-0.05, 0) is 35.9 Å². The van der Waals surface area contributed by atoms with Gasteiger partial charge in [0.25, 0.3) is 0 Å². The molecule has 0 aliphatic rings. The third kappa shape index (κ3) is 2.97. The van der Waals surface area contributed by atoms with Crippen molar-refractivity contribution in [3.8, 4) is 39.4 Å². The predicted molar refractivity (Wildman–Crippen MR) is 122 cm³/mol. The Labute approximate surface area is 182 Å². The van der Waals surface area contributed by atoms with Crippen LogP contribution in [0.3, 0.4) is 0 Å². The van der Waals surface area contributed by atoms with Crippen molar-refractivity contribution >= 4 is 22.1 Å². The average Bonchev–Trinajstić information content (AvgIpc) is 3.48. The number of aromatic amines is 2. The summed E-state index contributed by atoms with van der Waals surface area (Å²) >= 11 is 0. The zero-order chi connectivity index (χ0) is 21.5. The number of methoxy groups -OCH3 is 1. The number of nitrogens with one attached hydrogen (secondary N) is 2. The lowest BCUT2D eigenvalue weighted by atomic mass is 10.1. The highest BCUT2D eigenvalue weighted by Gasteiger charge is 2.15. The van der Waals surface area contributed by atoms with Crippen molar-refractivity contribution in [1.29, 1.82) is 0 Å². The largest absolute Gasteiger partial charge is 0.495 e. The monoisotopic (exact) mass is 419 g/mol. The SMILES string of the molecule is COc1cncc(-c2cnc3n[nH]c(-c4cc5c(-c6cccnc6)ccnc5[nH]4)c3c2)c1. The Morgan fingerprint density at radius 2 is 1.72 bits per heavy atom. The van der Waals surface area contributed by atoms with Crippen molar-refractivity contribution < 1.29 is 4.74 Å². The molecule has 6 aromatic heterocycles. The molecule has 0 fully saturated rings. The summed E-state index contributed by atoms with van der Waals surface area (Å²) in [5, 5.41) is 9.43. The molecule has 0 spiro atoms. The number of H-pyrrole nitrogens is 2. The van der Waals surface area contributed by atoms with Gasteiger partial charge in [-0.15, -0.1) is 0 Å². The first-order valence-electron chi connectivity index (χ1n) is 10.0. The summed E-state index contributed by atoms with van der Waals surface area (Å²) in [6, 6.07) is 12.0. The van der Waals surface area contributed by atoms with Gasteiger partial charge in [-0.25, -0.2) is 9.97 Å². The molecule has 6 rings (SSSR count). The Hall–Kier alpha value is -4.59. The molecule has 0 saturated heterocycles. The van der Waals surface area contributed by atoms with Crippen molar-refractivity contribution in [2.24, 2.45) is 0 Å². The quantitative estimate of drug-likeness (QED) is 0.431. The zero-order valence-corrected chi connectivity index (χ0v) is 17.1. The number of ether oxygens (including phenoxy) is 1. The molecule has 2 N–H and O–H groups in total. The van der Waals surface area contributed by atoms with Crippen LogP contribution in [-0.4, -0.2) is 42.2 Å². The van der Waals surface area contributed by atoms with Crippen LogP contribution in [-0.2, 0) is 0 Å². The van der Waals surface area contributed by atoms with E-state index in [0.29, 0.717) is 11.4 Å². The lowest BCUT2D eigenvalue weighted by Crippen LogP contribution is -1.87. The molecule has 0 aliphatic carbocycles. The molecular weight excluding hydrogens is 402 g/mol. The number of pyridine rings is 4. The van der Waals surface area contributed by atoms with Crippen molar-refractivity contribution in [3.63, 3.8) is 0 Å². The maximum atomic E-state index is 5.31. The normalized spacial score (nSPS) is 11.3. The molecule has 6 aromatic rings. The number of nitrogens with zero attached hydrogens (tertiary/aromatic N) is 5. The third-order valence-electron chi connectivity index (χ3n) is 5.47. The Bertz CT molecular complexity index is 1570. The molecule has 0 unspecified atom stereocenters. The number of hydrogen-bond donors (Lipinski definition) is 2. The second-order valence-corrected chi connectivity index (χ2v) is 7.35. The van der Waals surface area contributed by atoms with Gasteiger partial charge in [0, 0.05) is 58.4 Å². The predicted octanol–water partition coefficient (Wildman–Crippen LogP) is 4.63. The van der Waals surface area contributed by atoms with Gasteiger partial charge >= 0.3 is 0 Å². The van der Waals surface area contributed by atoms with Gasteiger partial charge in [0.05, 0.1) is 24.7 Å². The number of hydrogen-bond acceptors (Lipinski definition) is 6. The minimum absolute atomic E-state index is 0.638. The number of rotatable bonds is 4. The molecule has 0 amide bonds. The summed E-state index contributed by atoms with van der Waals surface area (Å²) in [6.07, 6.45) is 10.7. The van der Waals surface area contributed by atoms with E-state index >= 15 is 0 Å². The lowest BCUT2D eigenvalue weighted by molar-refractivity contribution is 0.413. The van der Waals surface area contributed by atoms with Crippen molar-refractivity contribution in [2.45, 2.75) is 0 Å². The van der Waals surface area contributed by atoms with E-state index in [2.05, 4.69) is 47.2 Å². The van der Waals surface area contributed by atoms with Crippen LogP contribution in [0.2, 0.25) is 0 Å². The molecule has 8 heteroatoms. The van der Waals surface area contributed by atoms with Crippen LogP contribution in [0.1, 0.15) is 0 Å². The Balaban J connectivity index is 1.50. The minimum atomic E-state index is 0.638. The molecule has 0 bridgehead atoms. The first kappa shape index (κ1) is 18.2. The zero-order valence-electron chi connectivity index (χ0n) is 17.1. The molecule has 8 nitrogen and oxygen atoms in total. The van der Waals surface area contributed by atoms with Gasteiger partial charge in [0.2, 0.25) is 0 Å². The first-order valence-corrected chi connectivity index (χ1v) is 10.0. The van der Waals surface area contributed by atoms with Crippen LogP contribution in [0.5, 0.6) is 5.75 Å². The number of fused-ring (bicyclic) bond motifs is 2. The second kappa shape index (κ2) is 7.28. The maximum Gasteiger partial charge on any atom is 0.181 e. The Morgan fingerprint density at radius 3 is 2.59 bits per heavy atom. The highest BCUT2D eigenvalue weighted by atomic mass is 16.5. The van der Waals surface area contributed by atoms with Crippen LogP contribution in [0.25, 0.3) is 55.7 Å². The van der Waals surface area contributed by atoms with E-state index in [1.54, 1.807) is 38.1 Å². The molecular formula is C24H17N7O. The first-order chi connectivity index (χ1) is 15.8. The van der Waals surface area contributed by atoms with E-state index in [1.807, 2.05) is 30.5 Å². The highest BCUT2D eigenvalue weighted by Crippen LogP contribution is 2.34. The number of aromatic nitrogens is 7. The summed E-state index contributed by atoms with van der Waals surface area (Å²) in [7, 11) is 1.63. The topological polar surface area (TPSA) is 105 Å². The Kier molecular flexibility index (Phi) is 4.14. The summed E-state index contributed by atoms with van der Waals surface area (Å²) < 4.78 is 5.31. The van der Waals surface area contributed by atoms with Crippen LogP contribution >= 0.6 is 0 Å². The van der Waals surface area contributed by atoms with Gasteiger partial charge < -0.3 is 9.72 Å². The molecule has 0 atom stereocenters. The van der Waals surface area contributed by atoms with Crippen LogP contribution in [0.15, 0.2) is 73.6 Å². The van der Waals surface area contributed by atoms with E-state index in [4.69, 9.17) is 4.74 Å². The van der Waals surface area contributed by atoms with E-state index < -0.39 is 0 Å². The lowest BCUT2D eigenvalue weighted by Gasteiger charge is -2.04. The van der Waals surface area contributed by atoms with Crippen molar-refractivity contribution in [3.05, 3.63) is 73.6 Å². The summed E-state index contributed by atoms with van der Waals surface area (Å²) in [4.78, 5) is 21.0. The molecule has 32 heavy (non-hydrogen) atoms. The van der Waals surface area contributed by atoms with Crippen LogP contribution in [0, 0.1) is 0 Å². The standard InChI is InChI=1S/C24H17N7O/c1-32-17-7-15(11-26-13-17)16-8-20-22(30-31-24(20)28-12-16)21-9-19-18(4-6-27-23(19)29-21)14-3-2-5-25-10-14/h2-13H,1H3,(H,27,29)(H,28,30,31). The van der Waals surface area contributed by atoms with E-state index in [9.17, 15) is 0 Å². The summed E-state index contributed by atoms with van der Waals surface area (Å²) in [5.41, 5.74) is 7.11. The molecule has 0 aliphatic heterocycles. The van der Waals surface area contributed by atoms with E-state index in [0.717, 1.165) is 50.1 Å². The van der Waals surface area contributed by atoms with Gasteiger partial charge in [-0.1, -0.05) is 6.07 Å². The minimum Gasteiger partial charge on any atom is -0.495 e. The average molecular weight is 419 g/mol. The van der Waals surface area contributed by atoms with Gasteiger partial charge in [-0.2, -0.15) is 5.10 Å². The molecule has 154 valence electrons. The molecule has 0 aromatic carbocycles. The second-order valence-electron chi connectivity index (χ2n) is 7.35. The molecule has 6 heterocycles. The van der Waals surface area contributed by atoms with Gasteiger partial charge in [-0.3, -0.25) is 15.1 Å². The summed E-state index contributed by atoms with van der Waals surface area (Å²) in [6.45, 7) is 0. The maximum absolute atomic E-state index is 5.31. The fourth-order valence-electron chi connectivity index (χ4n) is 3.89. The van der Waals surface area contributed by atoms with Gasteiger partial charge in [0.1, 0.15) is 11.4 Å². The van der Waals surface area contributed by atoms with Gasteiger partial charge in [0.15, 0.2) is 5.65 Å². The fraction of sp³-hybridized carbons (Fsp3) is 0.0417. The van der Waals surface area contributed by atoms with Crippen LogP contribution < -0.4 is 4.74 Å². The highest BCUT2D eigenvalue weighted by molar-refractivity contribution is 5.99. The third-order valence-corrected chi connectivity index (χ3v) is 5.47. The fourth-order valence-corrected chi connectivity index (χ4v) is 3.89. The molecule has 0 radical (unpaired) electrons.